The summed E-state index contributed by atoms with van der Waals surface area (Å²) in [5.41, 5.74) is 2.56. The molecule has 0 amide bonds. The van der Waals surface area contributed by atoms with Crippen molar-refractivity contribution in [2.75, 3.05) is 11.6 Å². The molecule has 0 bridgehead atoms. The van der Waals surface area contributed by atoms with Gasteiger partial charge in [0.1, 0.15) is 5.00 Å². The number of allylic oxidation sites excluding steroid dienone is 1. The summed E-state index contributed by atoms with van der Waals surface area (Å²) in [6.07, 6.45) is 3.91. The van der Waals surface area contributed by atoms with Gasteiger partial charge < -0.3 is 0 Å². The fraction of sp³-hybridized carbons (Fsp3) is 0.364. The van der Waals surface area contributed by atoms with E-state index >= 15 is 0 Å². The number of hydrogen-bond acceptors (Lipinski definition) is 3. The second kappa shape index (κ2) is 5.33. The van der Waals surface area contributed by atoms with E-state index in [1.807, 2.05) is 6.08 Å². The highest BCUT2D eigenvalue weighted by atomic mass is 35.5. The van der Waals surface area contributed by atoms with Gasteiger partial charge in [-0.05, 0) is 23.9 Å². The molecule has 82 valence electrons. The van der Waals surface area contributed by atoms with Crippen LogP contribution in [0.4, 0.5) is 5.00 Å². The molecule has 0 saturated heterocycles. The minimum atomic E-state index is 0. The topological polar surface area (TPSA) is 15.6 Å². The van der Waals surface area contributed by atoms with Crippen LogP contribution >= 0.6 is 23.7 Å². The number of hydrazone groups is 1. The van der Waals surface area contributed by atoms with Gasteiger partial charge in [0, 0.05) is 25.1 Å². The second-order valence-electron chi connectivity index (χ2n) is 3.44. The number of rotatable bonds is 3. The quantitative estimate of drug-likeness (QED) is 0.740. The lowest BCUT2D eigenvalue weighted by Gasteiger charge is -2.11. The third kappa shape index (κ3) is 2.61. The summed E-state index contributed by atoms with van der Waals surface area (Å²) in [7, 11) is 0. The van der Waals surface area contributed by atoms with Gasteiger partial charge in [0.2, 0.25) is 0 Å². The van der Waals surface area contributed by atoms with E-state index in [9.17, 15) is 0 Å². The highest BCUT2D eigenvalue weighted by molar-refractivity contribution is 7.14. The lowest BCUT2D eigenvalue weighted by Crippen LogP contribution is -2.10. The number of halogens is 1. The Labute approximate surface area is 101 Å². The molecule has 2 nitrogen and oxygen atoms in total. The van der Waals surface area contributed by atoms with Gasteiger partial charge in [0.25, 0.3) is 0 Å². The van der Waals surface area contributed by atoms with Gasteiger partial charge in [-0.25, -0.2) is 0 Å². The van der Waals surface area contributed by atoms with Gasteiger partial charge >= 0.3 is 0 Å². The fourth-order valence-corrected chi connectivity index (χ4v) is 2.50. The summed E-state index contributed by atoms with van der Waals surface area (Å²) in [4.78, 5) is 0. The van der Waals surface area contributed by atoms with Crippen LogP contribution in [0.2, 0.25) is 0 Å². The Morgan fingerprint density at radius 3 is 3.07 bits per heavy atom. The largest absolute Gasteiger partial charge is 0.255 e. The van der Waals surface area contributed by atoms with Crippen molar-refractivity contribution in [2.45, 2.75) is 19.8 Å². The molecule has 0 aromatic carbocycles. The molecule has 1 aromatic rings. The standard InChI is InChI=1S/C11H14N2S.ClH/c1-3-4-10-5-7-13(12-10)11-9(2)6-8-14-11;/h3,6,8H,1,4-5,7H2,2H3;1H. The van der Waals surface area contributed by atoms with Crippen molar-refractivity contribution in [3.63, 3.8) is 0 Å². The zero-order chi connectivity index (χ0) is 9.97. The highest BCUT2D eigenvalue weighted by Crippen LogP contribution is 2.29. The van der Waals surface area contributed by atoms with E-state index in [1.54, 1.807) is 11.3 Å². The summed E-state index contributed by atoms with van der Waals surface area (Å²) in [5.74, 6) is 0. The van der Waals surface area contributed by atoms with Gasteiger partial charge in [-0.3, -0.25) is 5.01 Å². The van der Waals surface area contributed by atoms with E-state index in [-0.39, 0.29) is 12.4 Å². The van der Waals surface area contributed by atoms with Crippen LogP contribution in [0.15, 0.2) is 29.2 Å². The lowest BCUT2D eigenvalue weighted by atomic mass is 10.2. The first-order valence-electron chi connectivity index (χ1n) is 4.80. The summed E-state index contributed by atoms with van der Waals surface area (Å²) in [6, 6.07) is 2.14. The third-order valence-electron chi connectivity index (χ3n) is 2.32. The maximum absolute atomic E-state index is 4.57. The van der Waals surface area contributed by atoms with E-state index in [2.05, 4.69) is 35.1 Å². The first kappa shape index (κ1) is 12.3. The smallest absolute Gasteiger partial charge is 0.115 e. The van der Waals surface area contributed by atoms with Crippen LogP contribution in [0.3, 0.4) is 0 Å². The van der Waals surface area contributed by atoms with Crippen molar-refractivity contribution < 1.29 is 0 Å². The number of anilines is 1. The molecule has 0 radical (unpaired) electrons. The minimum absolute atomic E-state index is 0. The molecule has 2 heterocycles. The van der Waals surface area contributed by atoms with E-state index < -0.39 is 0 Å². The number of thiophene rings is 1. The monoisotopic (exact) mass is 242 g/mol. The number of aryl methyl sites for hydroxylation is 1. The predicted molar refractivity (Wildman–Crippen MR) is 70.5 cm³/mol. The van der Waals surface area contributed by atoms with E-state index in [1.165, 1.54) is 16.3 Å². The second-order valence-corrected chi connectivity index (χ2v) is 4.34. The van der Waals surface area contributed by atoms with Gasteiger partial charge in [-0.2, -0.15) is 5.10 Å². The van der Waals surface area contributed by atoms with E-state index in [4.69, 9.17) is 0 Å². The first-order valence-corrected chi connectivity index (χ1v) is 5.68. The molecule has 0 spiro atoms. The van der Waals surface area contributed by atoms with Crippen molar-refractivity contribution in [1.29, 1.82) is 0 Å². The molecule has 0 atom stereocenters. The molecular formula is C11H15ClN2S. The Hall–Kier alpha value is -0.800. The Morgan fingerprint density at radius 1 is 1.67 bits per heavy atom. The van der Waals surface area contributed by atoms with E-state index in [0.717, 1.165) is 19.4 Å². The molecule has 0 unspecified atom stereocenters. The van der Waals surface area contributed by atoms with Crippen LogP contribution in [0.5, 0.6) is 0 Å². The molecule has 0 saturated carbocycles. The molecule has 1 aliphatic rings. The van der Waals surface area contributed by atoms with Crippen LogP contribution in [0.1, 0.15) is 18.4 Å². The lowest BCUT2D eigenvalue weighted by molar-refractivity contribution is 0.929. The van der Waals surface area contributed by atoms with Crippen LogP contribution in [-0.2, 0) is 0 Å². The molecule has 1 aliphatic heterocycles. The third-order valence-corrected chi connectivity index (χ3v) is 3.35. The summed E-state index contributed by atoms with van der Waals surface area (Å²) < 4.78 is 0. The fourth-order valence-electron chi connectivity index (χ4n) is 1.59. The summed E-state index contributed by atoms with van der Waals surface area (Å²) in [6.45, 7) is 6.88. The molecule has 1 aromatic heterocycles. The molecule has 2 rings (SSSR count). The normalized spacial score (nSPS) is 14.7. The number of nitrogens with zero attached hydrogens (tertiary/aromatic N) is 2. The van der Waals surface area contributed by atoms with Crippen molar-refractivity contribution in [1.82, 2.24) is 0 Å². The molecule has 15 heavy (non-hydrogen) atoms. The average Bonchev–Trinajstić information content (AvgIpc) is 2.74. The van der Waals surface area contributed by atoms with Crippen molar-refractivity contribution in [3.8, 4) is 0 Å². The molecule has 4 heteroatoms. The van der Waals surface area contributed by atoms with Gasteiger partial charge in [0.05, 0.1) is 0 Å². The Bertz CT molecular complexity index is 370. The maximum atomic E-state index is 4.57. The van der Waals surface area contributed by atoms with Crippen LogP contribution in [-0.4, -0.2) is 12.3 Å². The minimum Gasteiger partial charge on any atom is -0.255 e. The Morgan fingerprint density at radius 2 is 2.47 bits per heavy atom. The highest BCUT2D eigenvalue weighted by Gasteiger charge is 2.16. The molecular weight excluding hydrogens is 228 g/mol. The van der Waals surface area contributed by atoms with E-state index in [0.29, 0.717) is 0 Å². The zero-order valence-electron chi connectivity index (χ0n) is 8.77. The average molecular weight is 243 g/mol. The Kier molecular flexibility index (Phi) is 4.36. The maximum Gasteiger partial charge on any atom is 0.115 e. The zero-order valence-corrected chi connectivity index (χ0v) is 10.4. The van der Waals surface area contributed by atoms with Crippen molar-refractivity contribution in [2.24, 2.45) is 5.10 Å². The molecule has 0 N–H and O–H groups in total. The SMILES string of the molecule is C=CCC1=NN(c2sccc2C)CC1.Cl. The predicted octanol–water partition coefficient (Wildman–Crippen LogP) is 3.62. The number of hydrogen-bond donors (Lipinski definition) is 0. The van der Waals surface area contributed by atoms with Gasteiger partial charge in [-0.15, -0.1) is 30.3 Å². The van der Waals surface area contributed by atoms with Crippen LogP contribution < -0.4 is 5.01 Å². The van der Waals surface area contributed by atoms with Gasteiger partial charge in [-0.1, -0.05) is 6.08 Å². The summed E-state index contributed by atoms with van der Waals surface area (Å²) in [5, 5.41) is 10.1. The first-order chi connectivity index (χ1) is 6.81. The Balaban J connectivity index is 0.00000112. The van der Waals surface area contributed by atoms with Crippen molar-refractivity contribution in [3.05, 3.63) is 29.7 Å². The van der Waals surface area contributed by atoms with Crippen LogP contribution in [0, 0.1) is 6.92 Å². The molecule has 0 fully saturated rings. The van der Waals surface area contributed by atoms with Crippen molar-refractivity contribution >= 4 is 34.5 Å². The van der Waals surface area contributed by atoms with Crippen LogP contribution in [0.25, 0.3) is 0 Å². The summed E-state index contributed by atoms with van der Waals surface area (Å²) >= 11 is 1.76. The van der Waals surface area contributed by atoms with Gasteiger partial charge in [0.15, 0.2) is 0 Å². The molecule has 0 aliphatic carbocycles.